The summed E-state index contributed by atoms with van der Waals surface area (Å²) in [5.74, 6) is -0.826. The average molecular weight is 383 g/mol. The van der Waals surface area contributed by atoms with E-state index in [1.54, 1.807) is 24.3 Å². The molecule has 0 atom stereocenters. The quantitative estimate of drug-likeness (QED) is 0.711. The Balaban J connectivity index is 1.61. The lowest BCUT2D eigenvalue weighted by Crippen LogP contribution is -2.31. The zero-order valence-electron chi connectivity index (χ0n) is 13.8. The maximum absolute atomic E-state index is 12.5. The molecule has 4 rings (SSSR count). The summed E-state index contributed by atoms with van der Waals surface area (Å²) in [6.07, 6.45) is 1.31. The van der Waals surface area contributed by atoms with E-state index in [0.29, 0.717) is 11.3 Å². The van der Waals surface area contributed by atoms with Gasteiger partial charge in [-0.05, 0) is 30.3 Å². The lowest BCUT2D eigenvalue weighted by atomic mass is 10.1. The molecule has 0 saturated heterocycles. The molecule has 0 fully saturated rings. The van der Waals surface area contributed by atoms with Crippen LogP contribution in [0, 0.1) is 0 Å². The molecular formula is C18H13N3O5S. The highest BCUT2D eigenvalue weighted by Gasteiger charge is 2.23. The largest absolute Gasteiger partial charge is 0.482 e. The third-order valence-corrected chi connectivity index (χ3v) is 5.30. The van der Waals surface area contributed by atoms with Crippen molar-refractivity contribution in [1.29, 1.82) is 0 Å². The van der Waals surface area contributed by atoms with E-state index in [4.69, 9.17) is 4.74 Å². The average Bonchev–Trinajstić information content (AvgIpc) is 2.66. The minimum absolute atomic E-state index is 0.117. The van der Waals surface area contributed by atoms with E-state index in [-0.39, 0.29) is 28.7 Å². The summed E-state index contributed by atoms with van der Waals surface area (Å²) in [6, 6.07) is 12.7. The zero-order valence-corrected chi connectivity index (χ0v) is 14.6. The van der Waals surface area contributed by atoms with Gasteiger partial charge in [0.25, 0.3) is 21.8 Å². The van der Waals surface area contributed by atoms with Gasteiger partial charge in [-0.25, -0.2) is 13.1 Å². The van der Waals surface area contributed by atoms with Crippen molar-refractivity contribution in [1.82, 2.24) is 9.71 Å². The summed E-state index contributed by atoms with van der Waals surface area (Å²) < 4.78 is 32.3. The fourth-order valence-corrected chi connectivity index (χ4v) is 3.66. The van der Waals surface area contributed by atoms with E-state index >= 15 is 0 Å². The molecule has 0 spiro atoms. The standard InChI is InChI=1S/C18H13N3O5S/c22-17-10-26-16-6-5-13(8-15(16)20-17)27(24,25)21-18(23)12-7-11-3-1-2-4-14(11)19-9-12/h1-9H,10H2,(H,20,22)(H,21,23). The number of sulfonamides is 1. The first-order valence-electron chi connectivity index (χ1n) is 7.91. The van der Waals surface area contributed by atoms with Crippen LogP contribution in [0.25, 0.3) is 10.9 Å². The van der Waals surface area contributed by atoms with Crippen LogP contribution < -0.4 is 14.8 Å². The Labute approximate surface area is 154 Å². The molecule has 2 aromatic carbocycles. The molecule has 2 heterocycles. The Morgan fingerprint density at radius 2 is 1.96 bits per heavy atom. The van der Waals surface area contributed by atoms with Gasteiger partial charge in [-0.15, -0.1) is 0 Å². The van der Waals surface area contributed by atoms with Gasteiger partial charge in [-0.1, -0.05) is 18.2 Å². The van der Waals surface area contributed by atoms with E-state index in [2.05, 4.69) is 10.3 Å². The summed E-state index contributed by atoms with van der Waals surface area (Å²) >= 11 is 0. The predicted molar refractivity (Wildman–Crippen MR) is 97.0 cm³/mol. The SMILES string of the molecule is O=C1COc2ccc(S(=O)(=O)NC(=O)c3cnc4ccccc4c3)cc2N1. The summed E-state index contributed by atoms with van der Waals surface area (Å²) in [5, 5.41) is 3.25. The minimum Gasteiger partial charge on any atom is -0.482 e. The molecule has 2 N–H and O–H groups in total. The third-order valence-electron chi connectivity index (χ3n) is 3.97. The number of nitrogens with zero attached hydrogens (tertiary/aromatic N) is 1. The smallest absolute Gasteiger partial charge is 0.266 e. The molecule has 3 aromatic rings. The number of para-hydroxylation sites is 1. The highest BCUT2D eigenvalue weighted by Crippen LogP contribution is 2.30. The first kappa shape index (κ1) is 17.0. The van der Waals surface area contributed by atoms with E-state index in [1.807, 2.05) is 10.8 Å². The van der Waals surface area contributed by atoms with Crippen molar-refractivity contribution in [3.05, 3.63) is 60.3 Å². The Bertz CT molecular complexity index is 1190. The van der Waals surface area contributed by atoms with E-state index in [0.717, 1.165) is 5.39 Å². The normalized spacial score (nSPS) is 13.4. The number of amides is 2. The number of aromatic nitrogens is 1. The molecule has 0 radical (unpaired) electrons. The Kier molecular flexibility index (Phi) is 4.00. The summed E-state index contributed by atoms with van der Waals surface area (Å²) in [7, 11) is -4.15. The molecule has 8 nitrogen and oxygen atoms in total. The van der Waals surface area contributed by atoms with Gasteiger partial charge in [-0.2, -0.15) is 0 Å². The minimum atomic E-state index is -4.15. The second-order valence-electron chi connectivity index (χ2n) is 5.85. The summed E-state index contributed by atoms with van der Waals surface area (Å²) in [5.41, 5.74) is 1.04. The molecule has 136 valence electrons. The second-order valence-corrected chi connectivity index (χ2v) is 7.53. The zero-order chi connectivity index (χ0) is 19.0. The number of benzene rings is 2. The Morgan fingerprint density at radius 3 is 2.81 bits per heavy atom. The third kappa shape index (κ3) is 3.32. The second kappa shape index (κ2) is 6.36. The fourth-order valence-electron chi connectivity index (χ4n) is 2.66. The number of hydrogen-bond donors (Lipinski definition) is 2. The Hall–Kier alpha value is -3.46. The lowest BCUT2D eigenvalue weighted by Gasteiger charge is -2.18. The number of ether oxygens (including phenoxy) is 1. The van der Waals surface area contributed by atoms with E-state index < -0.39 is 15.9 Å². The molecule has 0 saturated carbocycles. The van der Waals surface area contributed by atoms with Gasteiger partial charge in [0.05, 0.1) is 21.7 Å². The highest BCUT2D eigenvalue weighted by molar-refractivity contribution is 7.90. The van der Waals surface area contributed by atoms with E-state index in [9.17, 15) is 18.0 Å². The first-order valence-corrected chi connectivity index (χ1v) is 9.39. The number of anilines is 1. The van der Waals surface area contributed by atoms with Gasteiger partial charge in [0, 0.05) is 11.6 Å². The van der Waals surface area contributed by atoms with Crippen LogP contribution in [0.1, 0.15) is 10.4 Å². The molecule has 1 aromatic heterocycles. The molecule has 0 unspecified atom stereocenters. The number of pyridine rings is 1. The van der Waals surface area contributed by atoms with Crippen molar-refractivity contribution < 1.29 is 22.7 Å². The van der Waals surface area contributed by atoms with Gasteiger partial charge < -0.3 is 10.1 Å². The molecule has 0 aliphatic carbocycles. The van der Waals surface area contributed by atoms with Crippen LogP contribution >= 0.6 is 0 Å². The molecule has 1 aliphatic heterocycles. The monoisotopic (exact) mass is 383 g/mol. The van der Waals surface area contributed by atoms with Crippen LogP contribution in [0.2, 0.25) is 0 Å². The van der Waals surface area contributed by atoms with Crippen molar-refractivity contribution in [2.75, 3.05) is 11.9 Å². The molecule has 1 aliphatic rings. The van der Waals surface area contributed by atoms with Crippen molar-refractivity contribution in [3.8, 4) is 5.75 Å². The van der Waals surface area contributed by atoms with Crippen molar-refractivity contribution in [2.45, 2.75) is 4.90 Å². The van der Waals surface area contributed by atoms with Crippen molar-refractivity contribution in [3.63, 3.8) is 0 Å². The number of hydrogen-bond acceptors (Lipinski definition) is 6. The Morgan fingerprint density at radius 1 is 1.15 bits per heavy atom. The number of carbonyl (C=O) groups is 2. The maximum Gasteiger partial charge on any atom is 0.266 e. The summed E-state index contributed by atoms with van der Waals surface area (Å²) in [4.78, 5) is 27.8. The van der Waals surface area contributed by atoms with Gasteiger partial charge >= 0.3 is 0 Å². The number of carbonyl (C=O) groups excluding carboxylic acids is 2. The van der Waals surface area contributed by atoms with Crippen LogP contribution in [0.3, 0.4) is 0 Å². The molecular weight excluding hydrogens is 370 g/mol. The van der Waals surface area contributed by atoms with Crippen molar-refractivity contribution >= 4 is 38.4 Å². The van der Waals surface area contributed by atoms with Crippen LogP contribution in [0.15, 0.2) is 59.6 Å². The predicted octanol–water partition coefficient (Wildman–Crippen LogP) is 1.68. The van der Waals surface area contributed by atoms with Gasteiger partial charge in [0.2, 0.25) is 0 Å². The maximum atomic E-state index is 12.5. The van der Waals surface area contributed by atoms with Gasteiger partial charge in [0.1, 0.15) is 5.75 Å². The molecule has 9 heteroatoms. The van der Waals surface area contributed by atoms with Crippen molar-refractivity contribution in [2.24, 2.45) is 0 Å². The molecule has 2 amide bonds. The number of rotatable bonds is 3. The highest BCUT2D eigenvalue weighted by atomic mass is 32.2. The first-order chi connectivity index (χ1) is 12.9. The molecule has 0 bridgehead atoms. The number of nitrogens with one attached hydrogen (secondary N) is 2. The summed E-state index contributed by atoms with van der Waals surface area (Å²) in [6.45, 7) is -0.134. The molecule has 27 heavy (non-hydrogen) atoms. The fraction of sp³-hybridized carbons (Fsp3) is 0.0556. The van der Waals surface area contributed by atoms with Gasteiger partial charge in [0.15, 0.2) is 6.61 Å². The topological polar surface area (TPSA) is 114 Å². The van der Waals surface area contributed by atoms with Gasteiger partial charge in [-0.3, -0.25) is 14.6 Å². The van der Waals surface area contributed by atoms with Crippen LogP contribution in [-0.4, -0.2) is 31.8 Å². The van der Waals surface area contributed by atoms with E-state index in [1.165, 1.54) is 24.4 Å². The lowest BCUT2D eigenvalue weighted by molar-refractivity contribution is -0.118. The van der Waals surface area contributed by atoms with Crippen LogP contribution in [0.5, 0.6) is 5.75 Å². The van der Waals surface area contributed by atoms with Crippen LogP contribution in [0.4, 0.5) is 5.69 Å². The van der Waals surface area contributed by atoms with Crippen LogP contribution in [-0.2, 0) is 14.8 Å². The number of fused-ring (bicyclic) bond motifs is 2.